The maximum atomic E-state index is 12.8. The Bertz CT molecular complexity index is 1270. The van der Waals surface area contributed by atoms with Gasteiger partial charge < -0.3 is 4.57 Å². The summed E-state index contributed by atoms with van der Waals surface area (Å²) in [4.78, 5) is 27.8. The van der Waals surface area contributed by atoms with E-state index in [2.05, 4.69) is 10.1 Å². The van der Waals surface area contributed by atoms with Crippen molar-refractivity contribution < 1.29 is 9.72 Å². The number of aryl methyl sites for hydroxylation is 1. The van der Waals surface area contributed by atoms with Gasteiger partial charge in [0.15, 0.2) is 5.84 Å². The molecule has 0 atom stereocenters. The topological polar surface area (TPSA) is 117 Å². The van der Waals surface area contributed by atoms with Gasteiger partial charge in [0.2, 0.25) is 5.17 Å². The molecule has 3 aliphatic rings. The summed E-state index contributed by atoms with van der Waals surface area (Å²) in [6.07, 6.45) is 9.11. The van der Waals surface area contributed by atoms with Crippen LogP contribution in [0.4, 0.5) is 5.69 Å². The molecule has 0 radical (unpaired) electrons. The van der Waals surface area contributed by atoms with Crippen molar-refractivity contribution in [3.63, 3.8) is 0 Å². The largest absolute Gasteiger partial charge is 0.317 e. The lowest BCUT2D eigenvalue weighted by Crippen LogP contribution is -2.35. The molecular weight excluding hydrogens is 440 g/mol. The van der Waals surface area contributed by atoms with E-state index in [0.29, 0.717) is 22.5 Å². The fourth-order valence-corrected chi connectivity index (χ4v) is 5.43. The standard InChI is InChI=1S/C23H22N6O3S/c1-14-9-10-17(29(31)32)13-19(14)27-11-5-8-16(27)12-18-20(24)28-23(25-21(18)30)33-22(26-28)15-6-3-2-4-7-15/h5,8-13,15,24H,2-4,6-7H2,1H3/b18-12-,24-20?. The Kier molecular flexibility index (Phi) is 5.45. The Balaban J connectivity index is 1.49. The summed E-state index contributed by atoms with van der Waals surface area (Å²) in [5.41, 5.74) is 2.22. The summed E-state index contributed by atoms with van der Waals surface area (Å²) >= 11 is 1.39. The molecule has 9 nitrogen and oxygen atoms in total. The van der Waals surface area contributed by atoms with Crippen molar-refractivity contribution in [2.75, 3.05) is 0 Å². The summed E-state index contributed by atoms with van der Waals surface area (Å²) < 4.78 is 1.77. The Labute approximate surface area is 194 Å². The zero-order valence-electron chi connectivity index (χ0n) is 18.0. The van der Waals surface area contributed by atoms with E-state index < -0.39 is 10.8 Å². The highest BCUT2D eigenvalue weighted by Crippen LogP contribution is 2.36. The van der Waals surface area contributed by atoms with Crippen molar-refractivity contribution >= 4 is 45.5 Å². The van der Waals surface area contributed by atoms with Gasteiger partial charge >= 0.3 is 0 Å². The molecule has 1 aliphatic carbocycles. The van der Waals surface area contributed by atoms with E-state index in [0.717, 1.165) is 23.4 Å². The van der Waals surface area contributed by atoms with Crippen LogP contribution in [-0.4, -0.2) is 36.5 Å². The van der Waals surface area contributed by atoms with E-state index in [1.807, 2.05) is 6.92 Å². The molecule has 1 N–H and O–H groups in total. The molecule has 2 aliphatic heterocycles. The van der Waals surface area contributed by atoms with Crippen LogP contribution < -0.4 is 0 Å². The van der Waals surface area contributed by atoms with Crippen LogP contribution in [0.1, 0.15) is 43.4 Å². The first kappa shape index (κ1) is 21.3. The number of nitro groups is 1. The molecule has 0 saturated heterocycles. The Morgan fingerprint density at radius 3 is 2.79 bits per heavy atom. The number of hydrazone groups is 1. The Morgan fingerprint density at radius 2 is 2.03 bits per heavy atom. The number of aliphatic imine (C=N–C) groups is 1. The Hall–Kier alpha value is -3.53. The maximum Gasteiger partial charge on any atom is 0.283 e. The monoisotopic (exact) mass is 462 g/mol. The van der Waals surface area contributed by atoms with Crippen molar-refractivity contribution in [3.8, 4) is 5.69 Å². The summed E-state index contributed by atoms with van der Waals surface area (Å²) in [5.74, 6) is -0.129. The predicted octanol–water partition coefficient (Wildman–Crippen LogP) is 4.89. The smallest absolute Gasteiger partial charge is 0.283 e. The highest BCUT2D eigenvalue weighted by molar-refractivity contribution is 8.27. The average Bonchev–Trinajstić information content (AvgIpc) is 3.44. The number of amidine groups is 2. The molecule has 1 fully saturated rings. The molecule has 10 heteroatoms. The lowest BCUT2D eigenvalue weighted by Gasteiger charge is -2.20. The van der Waals surface area contributed by atoms with Gasteiger partial charge in [-0.05, 0) is 55.3 Å². The van der Waals surface area contributed by atoms with Gasteiger partial charge in [-0.3, -0.25) is 20.3 Å². The van der Waals surface area contributed by atoms with Crippen molar-refractivity contribution in [1.29, 1.82) is 5.41 Å². The number of hydrogen-bond acceptors (Lipinski definition) is 6. The van der Waals surface area contributed by atoms with Crippen LogP contribution in [0.15, 0.2) is 52.2 Å². The van der Waals surface area contributed by atoms with Crippen LogP contribution in [0.3, 0.4) is 0 Å². The second kappa shape index (κ2) is 8.43. The van der Waals surface area contributed by atoms with E-state index >= 15 is 0 Å². The van der Waals surface area contributed by atoms with Gasteiger partial charge in [-0.15, -0.1) is 0 Å². The first-order chi connectivity index (χ1) is 15.9. The van der Waals surface area contributed by atoms with Crippen LogP contribution in [0.25, 0.3) is 11.8 Å². The van der Waals surface area contributed by atoms with Crippen LogP contribution in [-0.2, 0) is 4.79 Å². The quantitative estimate of drug-likeness (QED) is 0.394. The fourth-order valence-electron chi connectivity index (χ4n) is 4.37. The van der Waals surface area contributed by atoms with Gasteiger partial charge in [-0.25, -0.2) is 0 Å². The predicted molar refractivity (Wildman–Crippen MR) is 129 cm³/mol. The van der Waals surface area contributed by atoms with Gasteiger partial charge in [0.1, 0.15) is 5.04 Å². The third-order valence-corrected chi connectivity index (χ3v) is 7.23. The second-order valence-electron chi connectivity index (χ2n) is 8.32. The number of nitrogens with one attached hydrogen (secondary N) is 1. The van der Waals surface area contributed by atoms with E-state index in [1.54, 1.807) is 35.0 Å². The van der Waals surface area contributed by atoms with Gasteiger partial charge in [0.25, 0.3) is 11.6 Å². The zero-order valence-corrected chi connectivity index (χ0v) is 18.8. The van der Waals surface area contributed by atoms with Crippen molar-refractivity contribution in [2.24, 2.45) is 16.0 Å². The number of amides is 1. The summed E-state index contributed by atoms with van der Waals surface area (Å²) in [5, 5.41) is 27.4. The fraction of sp³-hybridized carbons (Fsp3) is 0.304. The number of non-ortho nitro benzene ring substituents is 1. The van der Waals surface area contributed by atoms with Gasteiger partial charge in [-0.1, -0.05) is 25.3 Å². The number of aromatic nitrogens is 1. The van der Waals surface area contributed by atoms with E-state index in [9.17, 15) is 14.9 Å². The molecule has 0 spiro atoms. The highest BCUT2D eigenvalue weighted by atomic mass is 32.2. The van der Waals surface area contributed by atoms with Crippen molar-refractivity contribution in [1.82, 2.24) is 9.58 Å². The van der Waals surface area contributed by atoms with Gasteiger partial charge in [0.05, 0.1) is 16.2 Å². The van der Waals surface area contributed by atoms with Gasteiger partial charge in [0, 0.05) is 29.9 Å². The van der Waals surface area contributed by atoms with Crippen LogP contribution in [0.5, 0.6) is 0 Å². The molecule has 1 saturated carbocycles. The minimum absolute atomic E-state index is 0.00757. The SMILES string of the molecule is Cc1ccc([N+](=O)[O-])cc1-n1cccc1/C=C1/C(=N)N2N=C(C3CCCCC3)SC2=NC1=O. The number of carbonyl (C=O) groups excluding carboxylic acids is 1. The highest BCUT2D eigenvalue weighted by Gasteiger charge is 2.38. The van der Waals surface area contributed by atoms with E-state index in [-0.39, 0.29) is 17.1 Å². The van der Waals surface area contributed by atoms with Crippen LogP contribution in [0.2, 0.25) is 0 Å². The molecule has 5 rings (SSSR count). The lowest BCUT2D eigenvalue weighted by atomic mass is 9.90. The van der Waals surface area contributed by atoms with Crippen molar-refractivity contribution in [2.45, 2.75) is 39.0 Å². The molecule has 3 heterocycles. The number of thioether (sulfide) groups is 1. The molecule has 168 valence electrons. The van der Waals surface area contributed by atoms with E-state index in [4.69, 9.17) is 5.41 Å². The molecule has 2 aromatic rings. The Morgan fingerprint density at radius 1 is 1.24 bits per heavy atom. The first-order valence-electron chi connectivity index (χ1n) is 10.9. The number of carbonyl (C=O) groups is 1. The summed E-state index contributed by atoms with van der Waals surface area (Å²) in [6, 6.07) is 8.24. The lowest BCUT2D eigenvalue weighted by molar-refractivity contribution is -0.384. The summed E-state index contributed by atoms with van der Waals surface area (Å²) in [6.45, 7) is 1.86. The maximum absolute atomic E-state index is 12.8. The molecule has 1 aromatic heterocycles. The second-order valence-corrected chi connectivity index (χ2v) is 9.31. The first-order valence-corrected chi connectivity index (χ1v) is 11.7. The third kappa shape index (κ3) is 3.91. The normalized spacial score (nSPS) is 20.2. The third-order valence-electron chi connectivity index (χ3n) is 6.16. The molecule has 0 bridgehead atoms. The number of benzene rings is 1. The summed E-state index contributed by atoms with van der Waals surface area (Å²) in [7, 11) is 0. The number of nitrogens with zero attached hydrogens (tertiary/aromatic N) is 5. The molecular formula is C23H22N6O3S. The van der Waals surface area contributed by atoms with Crippen LogP contribution >= 0.6 is 11.8 Å². The minimum Gasteiger partial charge on any atom is -0.317 e. The number of rotatable bonds is 4. The van der Waals surface area contributed by atoms with Gasteiger partial charge in [-0.2, -0.15) is 15.1 Å². The zero-order chi connectivity index (χ0) is 23.1. The number of hydrogen-bond donors (Lipinski definition) is 1. The van der Waals surface area contributed by atoms with E-state index in [1.165, 1.54) is 48.2 Å². The molecule has 33 heavy (non-hydrogen) atoms. The molecule has 0 unspecified atom stereocenters. The average molecular weight is 463 g/mol. The number of fused-ring (bicyclic) bond motifs is 1. The minimum atomic E-state index is -0.484. The number of nitro benzene ring substituents is 1. The van der Waals surface area contributed by atoms with Crippen molar-refractivity contribution in [3.05, 3.63) is 63.5 Å². The van der Waals surface area contributed by atoms with Crippen LogP contribution in [0, 0.1) is 28.4 Å². The molecule has 1 aromatic carbocycles. The molecule has 1 amide bonds.